The normalized spacial score (nSPS) is 11.6. The first-order valence-corrected chi connectivity index (χ1v) is 9.33. The Labute approximate surface area is 138 Å². The summed E-state index contributed by atoms with van der Waals surface area (Å²) in [6.45, 7) is 10.5. The van der Waals surface area contributed by atoms with Gasteiger partial charge in [0.15, 0.2) is 0 Å². The van der Waals surface area contributed by atoms with Crippen molar-refractivity contribution in [2.75, 3.05) is 19.7 Å². The average molecular weight is 342 g/mol. The predicted molar refractivity (Wildman–Crippen MR) is 90.3 cm³/mol. The highest BCUT2D eigenvalue weighted by Gasteiger charge is 2.23. The highest BCUT2D eigenvalue weighted by molar-refractivity contribution is 7.89. The van der Waals surface area contributed by atoms with Crippen LogP contribution < -0.4 is 9.46 Å². The second kappa shape index (κ2) is 8.31. The van der Waals surface area contributed by atoms with Crippen LogP contribution in [0.2, 0.25) is 0 Å². The summed E-state index contributed by atoms with van der Waals surface area (Å²) in [7, 11) is -3.75. The van der Waals surface area contributed by atoms with Crippen LogP contribution in [0, 0.1) is 0 Å². The van der Waals surface area contributed by atoms with Crippen molar-refractivity contribution in [2.24, 2.45) is 0 Å². The van der Waals surface area contributed by atoms with Crippen molar-refractivity contribution in [3.63, 3.8) is 0 Å². The van der Waals surface area contributed by atoms with E-state index in [1.54, 1.807) is 31.7 Å². The number of carbonyl (C=O) groups is 1. The van der Waals surface area contributed by atoms with Gasteiger partial charge in [-0.3, -0.25) is 4.79 Å². The first-order chi connectivity index (χ1) is 10.8. The molecular formula is C16H26N2O4S. The highest BCUT2D eigenvalue weighted by Crippen LogP contribution is 2.26. The maximum atomic E-state index is 12.5. The molecule has 0 aliphatic rings. The fourth-order valence-electron chi connectivity index (χ4n) is 2.19. The molecule has 0 spiro atoms. The first-order valence-electron chi connectivity index (χ1n) is 7.85. The lowest BCUT2D eigenvalue weighted by Gasteiger charge is -2.20. The second-order valence-electron chi connectivity index (χ2n) is 5.35. The Morgan fingerprint density at radius 2 is 1.83 bits per heavy atom. The van der Waals surface area contributed by atoms with E-state index in [2.05, 4.69) is 4.72 Å². The van der Waals surface area contributed by atoms with Gasteiger partial charge in [-0.15, -0.1) is 0 Å². The molecule has 1 N–H and O–H groups in total. The van der Waals surface area contributed by atoms with E-state index >= 15 is 0 Å². The van der Waals surface area contributed by atoms with E-state index in [0.717, 1.165) is 0 Å². The van der Waals surface area contributed by atoms with Crippen LogP contribution in [0.5, 0.6) is 5.75 Å². The smallest absolute Gasteiger partial charge is 0.253 e. The molecule has 1 rings (SSSR count). The number of nitrogens with one attached hydrogen (secondary N) is 1. The Hall–Kier alpha value is -1.60. The predicted octanol–water partition coefficient (Wildman–Crippen LogP) is 2.25. The summed E-state index contributed by atoms with van der Waals surface area (Å²) in [5, 5.41) is 0. The largest absolute Gasteiger partial charge is 0.492 e. The molecule has 0 aliphatic carbocycles. The SMILES string of the molecule is CCOc1ccc(C(=O)N(CC)CC)cc1S(=O)(=O)NC(C)C. The number of benzene rings is 1. The summed E-state index contributed by atoms with van der Waals surface area (Å²) >= 11 is 0. The average Bonchev–Trinajstić information content (AvgIpc) is 2.47. The Morgan fingerprint density at radius 3 is 2.30 bits per heavy atom. The van der Waals surface area contributed by atoms with Crippen LogP contribution in [0.3, 0.4) is 0 Å². The second-order valence-corrected chi connectivity index (χ2v) is 7.03. The number of hydrogen-bond donors (Lipinski definition) is 1. The monoisotopic (exact) mass is 342 g/mol. The number of carbonyl (C=O) groups excluding carboxylic acids is 1. The van der Waals surface area contributed by atoms with Gasteiger partial charge >= 0.3 is 0 Å². The van der Waals surface area contributed by atoms with Crippen molar-refractivity contribution >= 4 is 15.9 Å². The zero-order chi connectivity index (χ0) is 17.6. The first kappa shape index (κ1) is 19.4. The fourth-order valence-corrected chi connectivity index (χ4v) is 3.61. The molecule has 1 aromatic rings. The van der Waals surface area contributed by atoms with Gasteiger partial charge in [0.05, 0.1) is 6.61 Å². The standard InChI is InChI=1S/C16H26N2O4S/c1-6-18(7-2)16(19)13-9-10-14(22-8-3)15(11-13)23(20,21)17-12(4)5/h9-12,17H,6-8H2,1-5H3. The van der Waals surface area contributed by atoms with E-state index < -0.39 is 10.0 Å². The van der Waals surface area contributed by atoms with Crippen molar-refractivity contribution in [1.82, 2.24) is 9.62 Å². The minimum Gasteiger partial charge on any atom is -0.492 e. The van der Waals surface area contributed by atoms with Crippen molar-refractivity contribution in [3.8, 4) is 5.75 Å². The number of sulfonamides is 1. The zero-order valence-corrected chi connectivity index (χ0v) is 15.2. The van der Waals surface area contributed by atoms with Gasteiger partial charge in [0, 0.05) is 24.7 Å². The van der Waals surface area contributed by atoms with E-state index in [0.29, 0.717) is 25.3 Å². The molecule has 130 valence electrons. The van der Waals surface area contributed by atoms with Crippen LogP contribution in [0.1, 0.15) is 45.0 Å². The molecular weight excluding hydrogens is 316 g/mol. The maximum absolute atomic E-state index is 12.5. The molecule has 0 radical (unpaired) electrons. The summed E-state index contributed by atoms with van der Waals surface area (Å²) in [6, 6.07) is 4.27. The van der Waals surface area contributed by atoms with E-state index in [4.69, 9.17) is 4.74 Å². The quantitative estimate of drug-likeness (QED) is 0.786. The van der Waals surface area contributed by atoms with Crippen molar-refractivity contribution < 1.29 is 17.9 Å². The molecule has 0 saturated heterocycles. The van der Waals surface area contributed by atoms with Crippen LogP contribution in [0.25, 0.3) is 0 Å². The number of nitrogens with zero attached hydrogens (tertiary/aromatic N) is 1. The minimum absolute atomic E-state index is 0.00828. The molecule has 0 aliphatic heterocycles. The van der Waals surface area contributed by atoms with Gasteiger partial charge in [0.1, 0.15) is 10.6 Å². The number of rotatable bonds is 8. The van der Waals surface area contributed by atoms with Crippen molar-refractivity contribution in [3.05, 3.63) is 23.8 Å². The zero-order valence-electron chi connectivity index (χ0n) is 14.4. The topological polar surface area (TPSA) is 75.7 Å². The molecule has 0 bridgehead atoms. The van der Waals surface area contributed by atoms with Crippen LogP contribution in [0.15, 0.2) is 23.1 Å². The van der Waals surface area contributed by atoms with Crippen molar-refractivity contribution in [1.29, 1.82) is 0 Å². The number of ether oxygens (including phenoxy) is 1. The summed E-state index contributed by atoms with van der Waals surface area (Å²) in [6.07, 6.45) is 0. The molecule has 6 nitrogen and oxygen atoms in total. The van der Waals surface area contributed by atoms with Gasteiger partial charge in [-0.1, -0.05) is 0 Å². The Bertz CT molecular complexity index is 637. The molecule has 1 aromatic carbocycles. The van der Waals surface area contributed by atoms with Gasteiger partial charge in [0.25, 0.3) is 5.91 Å². The van der Waals surface area contributed by atoms with Crippen LogP contribution in [-0.2, 0) is 10.0 Å². The maximum Gasteiger partial charge on any atom is 0.253 e. The van der Waals surface area contributed by atoms with E-state index in [1.807, 2.05) is 13.8 Å². The van der Waals surface area contributed by atoms with E-state index in [-0.39, 0.29) is 22.6 Å². The lowest BCUT2D eigenvalue weighted by Crippen LogP contribution is -2.32. The molecule has 1 amide bonds. The summed E-state index contributed by atoms with van der Waals surface area (Å²) in [5.41, 5.74) is 0.335. The van der Waals surface area contributed by atoms with Gasteiger partial charge in [-0.2, -0.15) is 0 Å². The molecule has 0 fully saturated rings. The lowest BCUT2D eigenvalue weighted by molar-refractivity contribution is 0.0772. The van der Waals surface area contributed by atoms with Crippen LogP contribution in [-0.4, -0.2) is 45.0 Å². The van der Waals surface area contributed by atoms with Crippen molar-refractivity contribution in [2.45, 2.75) is 45.6 Å². The third kappa shape index (κ3) is 4.94. The Kier molecular flexibility index (Phi) is 7.02. The lowest BCUT2D eigenvalue weighted by atomic mass is 10.2. The third-order valence-electron chi connectivity index (χ3n) is 3.22. The number of amides is 1. The minimum atomic E-state index is -3.75. The third-order valence-corrected chi connectivity index (χ3v) is 4.90. The Balaban J connectivity index is 3.36. The molecule has 0 aromatic heterocycles. The Morgan fingerprint density at radius 1 is 1.22 bits per heavy atom. The molecule has 23 heavy (non-hydrogen) atoms. The number of hydrogen-bond acceptors (Lipinski definition) is 4. The molecule has 7 heteroatoms. The van der Waals surface area contributed by atoms with Gasteiger partial charge in [-0.25, -0.2) is 13.1 Å². The summed E-state index contributed by atoms with van der Waals surface area (Å²) in [5.74, 6) is 0.0517. The van der Waals surface area contributed by atoms with Crippen LogP contribution >= 0.6 is 0 Å². The van der Waals surface area contributed by atoms with Gasteiger partial charge in [-0.05, 0) is 52.8 Å². The molecule has 0 unspecified atom stereocenters. The summed E-state index contributed by atoms with van der Waals surface area (Å²) in [4.78, 5) is 14.1. The van der Waals surface area contributed by atoms with Crippen LogP contribution in [0.4, 0.5) is 0 Å². The van der Waals surface area contributed by atoms with E-state index in [1.165, 1.54) is 12.1 Å². The highest BCUT2D eigenvalue weighted by atomic mass is 32.2. The molecule has 0 heterocycles. The van der Waals surface area contributed by atoms with Gasteiger partial charge in [0.2, 0.25) is 10.0 Å². The fraction of sp³-hybridized carbons (Fsp3) is 0.562. The van der Waals surface area contributed by atoms with E-state index in [9.17, 15) is 13.2 Å². The molecule has 0 atom stereocenters. The molecule has 0 saturated carbocycles. The summed E-state index contributed by atoms with van der Waals surface area (Å²) < 4.78 is 32.9. The van der Waals surface area contributed by atoms with Gasteiger partial charge < -0.3 is 9.64 Å².